The Bertz CT molecular complexity index is 1100. The highest BCUT2D eigenvalue weighted by atomic mass is 19.1. The summed E-state index contributed by atoms with van der Waals surface area (Å²) in [5.74, 6) is -0.978. The predicted molar refractivity (Wildman–Crippen MR) is 109 cm³/mol. The van der Waals surface area contributed by atoms with Crippen LogP contribution in [0.4, 0.5) is 14.5 Å². The molecule has 0 atom stereocenters. The fraction of sp³-hybridized carbons (Fsp3) is 0.227. The Kier molecular flexibility index (Phi) is 5.56. The summed E-state index contributed by atoms with van der Waals surface area (Å²) in [7, 11) is 0. The van der Waals surface area contributed by atoms with Crippen LogP contribution >= 0.6 is 0 Å². The van der Waals surface area contributed by atoms with Crippen LogP contribution in [0.5, 0.6) is 0 Å². The van der Waals surface area contributed by atoms with Crippen LogP contribution in [-0.2, 0) is 0 Å². The number of nitrogens with zero attached hydrogens (tertiary/aromatic N) is 4. The molecule has 0 N–H and O–H groups in total. The first-order chi connectivity index (χ1) is 14.5. The van der Waals surface area contributed by atoms with Crippen molar-refractivity contribution in [3.63, 3.8) is 0 Å². The van der Waals surface area contributed by atoms with Gasteiger partial charge in [0.15, 0.2) is 0 Å². The van der Waals surface area contributed by atoms with Gasteiger partial charge in [-0.2, -0.15) is 9.78 Å². The molecule has 30 heavy (non-hydrogen) atoms. The number of rotatable bonds is 3. The van der Waals surface area contributed by atoms with Gasteiger partial charge in [-0.3, -0.25) is 9.59 Å². The maximum absolute atomic E-state index is 13.2. The lowest BCUT2D eigenvalue weighted by molar-refractivity contribution is 0.0759. The molecule has 4 rings (SSSR count). The van der Waals surface area contributed by atoms with Gasteiger partial charge in [0.05, 0.1) is 5.69 Å². The quantitative estimate of drug-likeness (QED) is 0.666. The Morgan fingerprint density at radius 3 is 2.07 bits per heavy atom. The van der Waals surface area contributed by atoms with E-state index in [0.29, 0.717) is 25.3 Å². The third-order valence-corrected chi connectivity index (χ3v) is 5.07. The van der Waals surface area contributed by atoms with E-state index >= 15 is 0 Å². The molecule has 1 aliphatic heterocycles. The summed E-state index contributed by atoms with van der Waals surface area (Å²) in [6.07, 6.45) is 0.751. The minimum absolute atomic E-state index is 0.147. The largest absolute Gasteiger partial charge is 0.370 e. The highest BCUT2D eigenvalue weighted by Crippen LogP contribution is 2.18. The Morgan fingerprint density at radius 1 is 0.767 bits per heavy atom. The molecule has 1 aromatic heterocycles. The monoisotopic (exact) mass is 410 g/mol. The lowest BCUT2D eigenvalue weighted by Gasteiger charge is -2.23. The lowest BCUT2D eigenvalue weighted by atomic mass is 10.2. The molecule has 0 spiro atoms. The van der Waals surface area contributed by atoms with Crippen molar-refractivity contribution in [3.8, 4) is 5.69 Å². The van der Waals surface area contributed by atoms with Gasteiger partial charge in [-0.15, -0.1) is 0 Å². The van der Waals surface area contributed by atoms with Gasteiger partial charge in [-0.1, -0.05) is 0 Å². The minimum Gasteiger partial charge on any atom is -0.370 e. The van der Waals surface area contributed by atoms with Crippen molar-refractivity contribution < 1.29 is 13.6 Å². The van der Waals surface area contributed by atoms with Crippen LogP contribution in [0, 0.1) is 11.6 Å². The first-order valence-electron chi connectivity index (χ1n) is 9.67. The molecular formula is C22H20F2N4O2. The van der Waals surface area contributed by atoms with Gasteiger partial charge in [0.1, 0.15) is 17.3 Å². The number of hydrogen-bond acceptors (Lipinski definition) is 4. The molecule has 0 aliphatic carbocycles. The number of amides is 1. The molecule has 1 aliphatic rings. The van der Waals surface area contributed by atoms with Crippen molar-refractivity contribution in [1.82, 2.24) is 14.7 Å². The van der Waals surface area contributed by atoms with Gasteiger partial charge in [0.2, 0.25) is 0 Å². The molecule has 0 bridgehead atoms. The number of carbonyl (C=O) groups excluding carboxylic acids is 1. The van der Waals surface area contributed by atoms with Gasteiger partial charge in [0, 0.05) is 37.9 Å². The third-order valence-electron chi connectivity index (χ3n) is 5.07. The standard InChI is InChI=1S/C22H20F2N4O2/c23-16-2-6-18(7-3-16)26-12-1-13-27(15-14-26)22(30)20-10-11-21(29)28(25-20)19-8-4-17(24)5-9-19/h2-11H,1,12-15H2. The van der Waals surface area contributed by atoms with Crippen LogP contribution < -0.4 is 10.5 Å². The molecule has 2 heterocycles. The first kappa shape index (κ1) is 19.8. The van der Waals surface area contributed by atoms with E-state index in [4.69, 9.17) is 0 Å². The SMILES string of the molecule is O=C(c1ccc(=O)n(-c2ccc(F)cc2)n1)N1CCCN(c2ccc(F)cc2)CC1. The molecule has 1 fully saturated rings. The van der Waals surface area contributed by atoms with E-state index in [2.05, 4.69) is 10.00 Å². The minimum atomic E-state index is -0.422. The molecule has 8 heteroatoms. The van der Waals surface area contributed by atoms with Crippen molar-refractivity contribution in [2.45, 2.75) is 6.42 Å². The smallest absolute Gasteiger partial charge is 0.274 e. The molecule has 0 radical (unpaired) electrons. The maximum Gasteiger partial charge on any atom is 0.274 e. The van der Waals surface area contributed by atoms with Crippen molar-refractivity contribution >= 4 is 11.6 Å². The number of halogens is 2. The van der Waals surface area contributed by atoms with Gasteiger partial charge in [-0.25, -0.2) is 8.78 Å². The van der Waals surface area contributed by atoms with Crippen LogP contribution in [0.1, 0.15) is 16.9 Å². The maximum atomic E-state index is 13.2. The average Bonchev–Trinajstić information content (AvgIpc) is 3.01. The highest BCUT2D eigenvalue weighted by molar-refractivity contribution is 5.92. The molecule has 154 valence electrons. The Morgan fingerprint density at radius 2 is 1.40 bits per heavy atom. The van der Waals surface area contributed by atoms with Gasteiger partial charge >= 0.3 is 0 Å². The number of carbonyl (C=O) groups is 1. The Balaban J connectivity index is 1.52. The van der Waals surface area contributed by atoms with E-state index < -0.39 is 11.4 Å². The number of benzene rings is 2. The summed E-state index contributed by atoms with van der Waals surface area (Å²) < 4.78 is 27.4. The lowest BCUT2D eigenvalue weighted by Crippen LogP contribution is -2.36. The van der Waals surface area contributed by atoms with Gasteiger partial charge in [0.25, 0.3) is 11.5 Å². The molecular weight excluding hydrogens is 390 g/mol. The normalized spacial score (nSPS) is 14.5. The number of aromatic nitrogens is 2. The topological polar surface area (TPSA) is 58.4 Å². The fourth-order valence-electron chi connectivity index (χ4n) is 3.49. The number of hydrogen-bond donors (Lipinski definition) is 0. The molecule has 0 unspecified atom stereocenters. The molecule has 1 amide bonds. The van der Waals surface area contributed by atoms with Gasteiger partial charge in [-0.05, 0) is 61.0 Å². The zero-order valence-electron chi connectivity index (χ0n) is 16.2. The second-order valence-electron chi connectivity index (χ2n) is 7.05. The highest BCUT2D eigenvalue weighted by Gasteiger charge is 2.22. The van der Waals surface area contributed by atoms with E-state index in [1.807, 2.05) is 0 Å². The summed E-state index contributed by atoms with van der Waals surface area (Å²) in [5, 5.41) is 4.20. The molecule has 0 saturated carbocycles. The second-order valence-corrected chi connectivity index (χ2v) is 7.05. The van der Waals surface area contributed by atoms with Crippen LogP contribution in [0.15, 0.2) is 65.5 Å². The van der Waals surface area contributed by atoms with Crippen LogP contribution in [0.2, 0.25) is 0 Å². The van der Waals surface area contributed by atoms with E-state index in [9.17, 15) is 18.4 Å². The molecule has 1 saturated heterocycles. The average molecular weight is 410 g/mol. The van der Waals surface area contributed by atoms with Gasteiger partial charge < -0.3 is 9.80 Å². The Labute approximate surface area is 172 Å². The van der Waals surface area contributed by atoms with E-state index in [1.165, 1.54) is 48.5 Å². The van der Waals surface area contributed by atoms with Crippen molar-refractivity contribution in [1.29, 1.82) is 0 Å². The van der Waals surface area contributed by atoms with Crippen molar-refractivity contribution in [2.24, 2.45) is 0 Å². The summed E-state index contributed by atoms with van der Waals surface area (Å²) in [4.78, 5) is 29.0. The fourth-order valence-corrected chi connectivity index (χ4v) is 3.49. The number of anilines is 1. The second kappa shape index (κ2) is 8.44. The van der Waals surface area contributed by atoms with Crippen LogP contribution in [-0.4, -0.2) is 46.8 Å². The van der Waals surface area contributed by atoms with E-state index in [0.717, 1.165) is 23.3 Å². The first-order valence-corrected chi connectivity index (χ1v) is 9.67. The van der Waals surface area contributed by atoms with E-state index in [1.54, 1.807) is 17.0 Å². The van der Waals surface area contributed by atoms with Crippen LogP contribution in [0.3, 0.4) is 0 Å². The molecule has 6 nitrogen and oxygen atoms in total. The molecule has 3 aromatic rings. The zero-order valence-corrected chi connectivity index (χ0v) is 16.2. The predicted octanol–water partition coefficient (Wildman–Crippen LogP) is 2.86. The zero-order chi connectivity index (χ0) is 21.1. The molecule has 2 aromatic carbocycles. The summed E-state index contributed by atoms with van der Waals surface area (Å²) in [6, 6.07) is 14.3. The third kappa shape index (κ3) is 4.22. The Hall–Kier alpha value is -3.55. The van der Waals surface area contributed by atoms with E-state index in [-0.39, 0.29) is 17.4 Å². The summed E-state index contributed by atoms with van der Waals surface area (Å²) in [5.41, 5.74) is 1.04. The van der Waals surface area contributed by atoms with Crippen LogP contribution in [0.25, 0.3) is 5.69 Å². The van der Waals surface area contributed by atoms with Crippen molar-refractivity contribution in [2.75, 3.05) is 31.1 Å². The summed E-state index contributed by atoms with van der Waals surface area (Å²) in [6.45, 7) is 2.38. The van der Waals surface area contributed by atoms with Crippen molar-refractivity contribution in [3.05, 3.63) is 88.3 Å². The summed E-state index contributed by atoms with van der Waals surface area (Å²) >= 11 is 0.